The van der Waals surface area contributed by atoms with Gasteiger partial charge in [0.25, 0.3) is 0 Å². The predicted octanol–water partition coefficient (Wildman–Crippen LogP) is 1.01. The van der Waals surface area contributed by atoms with Gasteiger partial charge in [-0.1, -0.05) is 6.42 Å². The molecule has 1 unspecified atom stereocenters. The van der Waals surface area contributed by atoms with E-state index in [0.29, 0.717) is 17.9 Å². The van der Waals surface area contributed by atoms with Crippen LogP contribution >= 0.6 is 11.8 Å². The van der Waals surface area contributed by atoms with E-state index in [1.54, 1.807) is 7.11 Å². The SMILES string of the molecule is COCC(C)NC(=O)CNCC1(SC)CCC1. The van der Waals surface area contributed by atoms with Crippen molar-refractivity contribution < 1.29 is 9.53 Å². The number of thioether (sulfide) groups is 1. The van der Waals surface area contributed by atoms with Crippen molar-refractivity contribution in [2.24, 2.45) is 0 Å². The van der Waals surface area contributed by atoms with E-state index in [9.17, 15) is 4.79 Å². The molecule has 1 aliphatic rings. The molecule has 17 heavy (non-hydrogen) atoms. The highest BCUT2D eigenvalue weighted by Crippen LogP contribution is 2.41. The van der Waals surface area contributed by atoms with Crippen LogP contribution in [0.3, 0.4) is 0 Å². The highest BCUT2D eigenvalue weighted by molar-refractivity contribution is 8.00. The second-order valence-electron chi connectivity index (χ2n) is 4.77. The summed E-state index contributed by atoms with van der Waals surface area (Å²) in [5.41, 5.74) is 0. The average molecular weight is 260 g/mol. The van der Waals surface area contributed by atoms with Crippen LogP contribution < -0.4 is 10.6 Å². The van der Waals surface area contributed by atoms with Gasteiger partial charge in [-0.25, -0.2) is 0 Å². The minimum Gasteiger partial charge on any atom is -0.383 e. The fourth-order valence-corrected chi connectivity index (χ4v) is 2.99. The molecule has 0 bridgehead atoms. The van der Waals surface area contributed by atoms with Gasteiger partial charge in [0.1, 0.15) is 0 Å². The monoisotopic (exact) mass is 260 g/mol. The second-order valence-corrected chi connectivity index (χ2v) is 6.04. The number of hydrogen-bond acceptors (Lipinski definition) is 4. The van der Waals surface area contributed by atoms with Crippen molar-refractivity contribution in [1.82, 2.24) is 10.6 Å². The largest absolute Gasteiger partial charge is 0.383 e. The Morgan fingerprint density at radius 1 is 1.53 bits per heavy atom. The first kappa shape index (κ1) is 14.8. The molecule has 4 nitrogen and oxygen atoms in total. The summed E-state index contributed by atoms with van der Waals surface area (Å²) in [6.07, 6.45) is 6.01. The fraction of sp³-hybridized carbons (Fsp3) is 0.917. The molecule has 1 aliphatic carbocycles. The van der Waals surface area contributed by atoms with Crippen LogP contribution in [0.5, 0.6) is 0 Å². The fourth-order valence-electron chi connectivity index (χ4n) is 2.05. The number of carbonyl (C=O) groups is 1. The Bertz CT molecular complexity index is 239. The Balaban J connectivity index is 2.11. The van der Waals surface area contributed by atoms with Crippen LogP contribution in [0.25, 0.3) is 0 Å². The summed E-state index contributed by atoms with van der Waals surface area (Å²) in [7, 11) is 1.64. The third kappa shape index (κ3) is 4.85. The van der Waals surface area contributed by atoms with E-state index in [1.807, 2.05) is 18.7 Å². The molecule has 0 aromatic rings. The van der Waals surface area contributed by atoms with Crippen molar-refractivity contribution in [1.29, 1.82) is 0 Å². The smallest absolute Gasteiger partial charge is 0.234 e. The Hall–Kier alpha value is -0.260. The van der Waals surface area contributed by atoms with E-state index < -0.39 is 0 Å². The van der Waals surface area contributed by atoms with Gasteiger partial charge in [-0.2, -0.15) is 11.8 Å². The molecule has 1 saturated carbocycles. The number of methoxy groups -OCH3 is 1. The molecular formula is C12H24N2O2S. The molecule has 2 N–H and O–H groups in total. The van der Waals surface area contributed by atoms with Crippen molar-refractivity contribution in [2.45, 2.75) is 37.0 Å². The van der Waals surface area contributed by atoms with Crippen molar-refractivity contribution in [3.05, 3.63) is 0 Å². The minimum absolute atomic E-state index is 0.0464. The molecule has 0 radical (unpaired) electrons. The van der Waals surface area contributed by atoms with Gasteiger partial charge < -0.3 is 15.4 Å². The van der Waals surface area contributed by atoms with Crippen molar-refractivity contribution in [2.75, 3.05) is 33.1 Å². The highest BCUT2D eigenvalue weighted by Gasteiger charge is 2.35. The maximum absolute atomic E-state index is 11.6. The van der Waals surface area contributed by atoms with E-state index in [2.05, 4.69) is 16.9 Å². The van der Waals surface area contributed by atoms with Gasteiger partial charge in [0.15, 0.2) is 0 Å². The molecule has 0 heterocycles. The molecule has 1 rings (SSSR count). The van der Waals surface area contributed by atoms with Crippen LogP contribution in [-0.2, 0) is 9.53 Å². The zero-order valence-corrected chi connectivity index (χ0v) is 11.9. The molecule has 0 saturated heterocycles. The maximum Gasteiger partial charge on any atom is 0.234 e. The average Bonchev–Trinajstić information content (AvgIpc) is 2.22. The molecule has 0 aromatic carbocycles. The van der Waals surface area contributed by atoms with Gasteiger partial charge in [0.2, 0.25) is 5.91 Å². The number of amides is 1. The second kappa shape index (κ2) is 7.24. The number of rotatable bonds is 8. The highest BCUT2D eigenvalue weighted by atomic mass is 32.2. The van der Waals surface area contributed by atoms with Gasteiger partial charge in [0, 0.05) is 24.4 Å². The molecule has 1 atom stereocenters. The lowest BCUT2D eigenvalue weighted by Crippen LogP contribution is -2.47. The number of nitrogens with one attached hydrogen (secondary N) is 2. The molecule has 100 valence electrons. The lowest BCUT2D eigenvalue weighted by molar-refractivity contribution is -0.121. The van der Waals surface area contributed by atoms with Gasteiger partial charge in [-0.05, 0) is 26.0 Å². The summed E-state index contributed by atoms with van der Waals surface area (Å²) in [4.78, 5) is 11.6. The van der Waals surface area contributed by atoms with Gasteiger partial charge in [-0.15, -0.1) is 0 Å². The summed E-state index contributed by atoms with van der Waals surface area (Å²) >= 11 is 1.92. The lowest BCUT2D eigenvalue weighted by atomic mass is 9.84. The molecule has 1 amide bonds. The van der Waals surface area contributed by atoms with Gasteiger partial charge >= 0.3 is 0 Å². The lowest BCUT2D eigenvalue weighted by Gasteiger charge is -2.40. The maximum atomic E-state index is 11.6. The van der Waals surface area contributed by atoms with Gasteiger partial charge in [-0.3, -0.25) is 4.79 Å². The minimum atomic E-state index is 0.0464. The first-order valence-corrected chi connectivity index (χ1v) is 7.38. The molecular weight excluding hydrogens is 236 g/mol. The van der Waals surface area contributed by atoms with Crippen LogP contribution in [0.1, 0.15) is 26.2 Å². The summed E-state index contributed by atoms with van der Waals surface area (Å²) in [5, 5.41) is 6.14. The number of hydrogen-bond donors (Lipinski definition) is 2. The van der Waals surface area contributed by atoms with Crippen LogP contribution in [0, 0.1) is 0 Å². The first-order chi connectivity index (χ1) is 8.12. The van der Waals surface area contributed by atoms with E-state index in [0.717, 1.165) is 6.54 Å². The van der Waals surface area contributed by atoms with Crippen LogP contribution in [0.15, 0.2) is 0 Å². The van der Waals surface area contributed by atoms with E-state index in [4.69, 9.17) is 4.74 Å². The van der Waals surface area contributed by atoms with Crippen LogP contribution in [-0.4, -0.2) is 49.8 Å². The molecule has 0 spiro atoms. The summed E-state index contributed by atoms with van der Waals surface area (Å²) in [6.45, 7) is 3.83. The molecule has 0 aliphatic heterocycles. The number of ether oxygens (including phenoxy) is 1. The van der Waals surface area contributed by atoms with Crippen molar-refractivity contribution >= 4 is 17.7 Å². The van der Waals surface area contributed by atoms with E-state index in [-0.39, 0.29) is 11.9 Å². The predicted molar refractivity (Wildman–Crippen MR) is 72.4 cm³/mol. The molecule has 1 fully saturated rings. The van der Waals surface area contributed by atoms with Crippen molar-refractivity contribution in [3.8, 4) is 0 Å². The Kier molecular flexibility index (Phi) is 6.30. The summed E-state index contributed by atoms with van der Waals surface area (Å²) < 4.78 is 5.36. The first-order valence-electron chi connectivity index (χ1n) is 6.16. The summed E-state index contributed by atoms with van der Waals surface area (Å²) in [6, 6.07) is 0.0764. The van der Waals surface area contributed by atoms with Crippen LogP contribution in [0.4, 0.5) is 0 Å². The summed E-state index contributed by atoms with van der Waals surface area (Å²) in [5.74, 6) is 0.0464. The van der Waals surface area contributed by atoms with Crippen molar-refractivity contribution in [3.63, 3.8) is 0 Å². The van der Waals surface area contributed by atoms with Crippen LogP contribution in [0.2, 0.25) is 0 Å². The zero-order valence-electron chi connectivity index (χ0n) is 11.0. The zero-order chi connectivity index (χ0) is 12.7. The Morgan fingerprint density at radius 3 is 2.71 bits per heavy atom. The normalized spacial score (nSPS) is 19.5. The Labute approximate surface area is 108 Å². The molecule has 5 heteroatoms. The Morgan fingerprint density at radius 2 is 2.24 bits per heavy atom. The standard InChI is InChI=1S/C12H24N2O2S/c1-10(8-16-2)14-11(15)7-13-9-12(17-3)5-4-6-12/h10,13H,4-9H2,1-3H3,(H,14,15). The van der Waals surface area contributed by atoms with E-state index >= 15 is 0 Å². The van der Waals surface area contributed by atoms with E-state index in [1.165, 1.54) is 19.3 Å². The third-order valence-corrected chi connectivity index (χ3v) is 4.67. The third-order valence-electron chi connectivity index (χ3n) is 3.25. The topological polar surface area (TPSA) is 50.4 Å². The van der Waals surface area contributed by atoms with Gasteiger partial charge in [0.05, 0.1) is 13.2 Å². The number of carbonyl (C=O) groups excluding carboxylic acids is 1. The molecule has 0 aromatic heterocycles. The quantitative estimate of drug-likeness (QED) is 0.684.